The van der Waals surface area contributed by atoms with E-state index < -0.39 is 10.0 Å². The molecule has 0 unspecified atom stereocenters. The molecule has 1 N–H and O–H groups in total. The number of rotatable bonds is 7. The van der Waals surface area contributed by atoms with Crippen LogP contribution in [-0.2, 0) is 27.9 Å². The zero-order valence-corrected chi connectivity index (χ0v) is 20.1. The van der Waals surface area contributed by atoms with E-state index in [0.717, 1.165) is 18.0 Å². The smallest absolute Gasteiger partial charge is 0.244 e. The molecule has 8 heteroatoms. The number of carbonyl (C=O) groups excluding carboxylic acids is 1. The molecule has 1 aromatic carbocycles. The van der Waals surface area contributed by atoms with Crippen LogP contribution < -0.4 is 5.32 Å². The summed E-state index contributed by atoms with van der Waals surface area (Å²) in [6.45, 7) is 6.84. The zero-order valence-electron chi connectivity index (χ0n) is 19.3. The molecule has 0 radical (unpaired) electrons. The first-order valence-corrected chi connectivity index (χ1v) is 13.3. The number of benzene rings is 1. The lowest BCUT2D eigenvalue weighted by Gasteiger charge is -2.30. The van der Waals surface area contributed by atoms with Gasteiger partial charge in [0, 0.05) is 44.5 Å². The molecule has 2 aliphatic heterocycles. The molecular weight excluding hydrogens is 436 g/mol. The van der Waals surface area contributed by atoms with Crippen LogP contribution in [0, 0.1) is 11.8 Å². The molecular formula is C25H34N4O3S. The van der Waals surface area contributed by atoms with E-state index in [1.54, 1.807) is 18.3 Å². The van der Waals surface area contributed by atoms with E-state index in [0.29, 0.717) is 32.5 Å². The van der Waals surface area contributed by atoms with Crippen molar-refractivity contribution in [3.05, 3.63) is 59.9 Å². The summed E-state index contributed by atoms with van der Waals surface area (Å²) in [6, 6.07) is 11.7. The number of carbonyl (C=O) groups is 1. The van der Waals surface area contributed by atoms with E-state index in [-0.39, 0.29) is 16.7 Å². The molecule has 2 saturated heterocycles. The first-order chi connectivity index (χ1) is 15.9. The van der Waals surface area contributed by atoms with Crippen LogP contribution in [0.3, 0.4) is 0 Å². The number of amides is 1. The fourth-order valence-electron chi connectivity index (χ4n) is 4.58. The van der Waals surface area contributed by atoms with Gasteiger partial charge in [0.2, 0.25) is 15.9 Å². The van der Waals surface area contributed by atoms with Gasteiger partial charge in [-0.2, -0.15) is 4.31 Å². The highest BCUT2D eigenvalue weighted by Gasteiger charge is 2.32. The second-order valence-corrected chi connectivity index (χ2v) is 11.3. The lowest BCUT2D eigenvalue weighted by Crippen LogP contribution is -2.42. The molecule has 2 aromatic rings. The Morgan fingerprint density at radius 3 is 2.30 bits per heavy atom. The van der Waals surface area contributed by atoms with Crippen LogP contribution in [0.2, 0.25) is 0 Å². The SMILES string of the molecule is CC1CCN(Cc2ccc(CNC(=O)C3CCN(S(=O)(=O)c4cccnc4)CC3)cc2)CC1. The van der Waals surface area contributed by atoms with E-state index in [4.69, 9.17) is 0 Å². The largest absolute Gasteiger partial charge is 0.352 e. The van der Waals surface area contributed by atoms with Crippen molar-refractivity contribution in [2.24, 2.45) is 11.8 Å². The minimum Gasteiger partial charge on any atom is -0.352 e. The minimum atomic E-state index is -3.55. The molecule has 2 aliphatic rings. The Hall–Kier alpha value is -2.29. The molecule has 1 amide bonds. The molecule has 7 nitrogen and oxygen atoms in total. The fourth-order valence-corrected chi connectivity index (χ4v) is 6.02. The average Bonchev–Trinajstić information content (AvgIpc) is 2.85. The Kier molecular flexibility index (Phi) is 7.78. The lowest BCUT2D eigenvalue weighted by atomic mass is 9.97. The summed E-state index contributed by atoms with van der Waals surface area (Å²) >= 11 is 0. The number of pyridine rings is 1. The van der Waals surface area contributed by atoms with Crippen molar-refractivity contribution in [3.63, 3.8) is 0 Å². The van der Waals surface area contributed by atoms with Crippen LogP contribution in [0.15, 0.2) is 53.7 Å². The van der Waals surface area contributed by atoms with E-state index in [2.05, 4.69) is 46.4 Å². The Morgan fingerprint density at radius 2 is 1.67 bits per heavy atom. The number of likely N-dealkylation sites (tertiary alicyclic amines) is 1. The van der Waals surface area contributed by atoms with Crippen molar-refractivity contribution < 1.29 is 13.2 Å². The van der Waals surface area contributed by atoms with Crippen molar-refractivity contribution >= 4 is 15.9 Å². The van der Waals surface area contributed by atoms with Crippen LogP contribution >= 0.6 is 0 Å². The van der Waals surface area contributed by atoms with Gasteiger partial charge in [-0.15, -0.1) is 0 Å². The van der Waals surface area contributed by atoms with Crippen LogP contribution in [-0.4, -0.2) is 54.7 Å². The molecule has 0 saturated carbocycles. The van der Waals surface area contributed by atoms with E-state index in [1.165, 1.54) is 42.0 Å². The van der Waals surface area contributed by atoms with E-state index >= 15 is 0 Å². The first kappa shape index (κ1) is 23.9. The highest BCUT2D eigenvalue weighted by Crippen LogP contribution is 2.24. The minimum absolute atomic E-state index is 0.0000566. The van der Waals surface area contributed by atoms with Gasteiger partial charge in [0.15, 0.2) is 0 Å². The Bertz CT molecular complexity index is 1010. The van der Waals surface area contributed by atoms with Gasteiger partial charge in [0.05, 0.1) is 0 Å². The van der Waals surface area contributed by atoms with Gasteiger partial charge in [-0.1, -0.05) is 31.2 Å². The summed E-state index contributed by atoms with van der Waals surface area (Å²) < 4.78 is 26.9. The Morgan fingerprint density at radius 1 is 1.00 bits per heavy atom. The molecule has 1 aromatic heterocycles. The highest BCUT2D eigenvalue weighted by atomic mass is 32.2. The summed E-state index contributed by atoms with van der Waals surface area (Å²) in [7, 11) is -3.55. The van der Waals surface area contributed by atoms with Gasteiger partial charge >= 0.3 is 0 Å². The summed E-state index contributed by atoms with van der Waals surface area (Å²) in [5.41, 5.74) is 2.39. The number of aromatic nitrogens is 1. The topological polar surface area (TPSA) is 82.6 Å². The van der Waals surface area contributed by atoms with Gasteiger partial charge in [-0.3, -0.25) is 14.7 Å². The fraction of sp³-hybridized carbons (Fsp3) is 0.520. The first-order valence-electron chi connectivity index (χ1n) is 11.9. The van der Waals surface area contributed by atoms with Crippen molar-refractivity contribution in [1.29, 1.82) is 0 Å². The number of sulfonamides is 1. The highest BCUT2D eigenvalue weighted by molar-refractivity contribution is 7.89. The molecule has 33 heavy (non-hydrogen) atoms. The maximum atomic E-state index is 12.7. The van der Waals surface area contributed by atoms with Gasteiger partial charge in [0.1, 0.15) is 4.90 Å². The summed E-state index contributed by atoms with van der Waals surface area (Å²) in [5.74, 6) is 0.677. The van der Waals surface area contributed by atoms with Gasteiger partial charge in [-0.25, -0.2) is 8.42 Å². The predicted molar refractivity (Wildman–Crippen MR) is 128 cm³/mol. The summed E-state index contributed by atoms with van der Waals surface area (Å²) in [5, 5.41) is 3.03. The van der Waals surface area contributed by atoms with E-state index in [1.807, 2.05) is 0 Å². The van der Waals surface area contributed by atoms with Gasteiger partial charge in [-0.05, 0) is 68.0 Å². The molecule has 2 fully saturated rings. The monoisotopic (exact) mass is 470 g/mol. The predicted octanol–water partition coefficient (Wildman–Crippen LogP) is 3.03. The van der Waals surface area contributed by atoms with Crippen molar-refractivity contribution in [2.75, 3.05) is 26.2 Å². The van der Waals surface area contributed by atoms with Crippen molar-refractivity contribution in [2.45, 2.75) is 50.6 Å². The average molecular weight is 471 g/mol. The van der Waals surface area contributed by atoms with E-state index in [9.17, 15) is 13.2 Å². The Balaban J connectivity index is 1.22. The van der Waals surface area contributed by atoms with Crippen molar-refractivity contribution in [3.8, 4) is 0 Å². The third kappa shape index (κ3) is 6.19. The van der Waals surface area contributed by atoms with Crippen molar-refractivity contribution in [1.82, 2.24) is 19.5 Å². The maximum absolute atomic E-state index is 12.7. The molecule has 4 rings (SSSR count). The summed E-state index contributed by atoms with van der Waals surface area (Å²) in [6.07, 6.45) is 6.53. The van der Waals surface area contributed by atoms with Gasteiger partial charge in [0.25, 0.3) is 0 Å². The number of hydrogen-bond acceptors (Lipinski definition) is 5. The Labute approximate surface area is 197 Å². The number of nitrogens with zero attached hydrogens (tertiary/aromatic N) is 3. The third-order valence-electron chi connectivity index (χ3n) is 6.87. The van der Waals surface area contributed by atoms with Gasteiger partial charge < -0.3 is 5.32 Å². The molecule has 0 aliphatic carbocycles. The normalized spacial score (nSPS) is 19.4. The van der Waals surface area contributed by atoms with Crippen LogP contribution in [0.1, 0.15) is 43.7 Å². The lowest BCUT2D eigenvalue weighted by molar-refractivity contribution is -0.126. The molecule has 0 spiro atoms. The molecule has 3 heterocycles. The number of nitrogens with one attached hydrogen (secondary N) is 1. The standard InChI is InChI=1S/C25H34N4O3S/c1-20-8-13-28(14-9-20)19-22-6-4-21(5-7-22)17-27-25(30)23-10-15-29(16-11-23)33(31,32)24-3-2-12-26-18-24/h2-7,12,18,20,23H,8-11,13-17,19H2,1H3,(H,27,30). The second-order valence-electron chi connectivity index (χ2n) is 9.36. The van der Waals surface area contributed by atoms with Crippen LogP contribution in [0.25, 0.3) is 0 Å². The molecule has 0 bridgehead atoms. The van der Waals surface area contributed by atoms with Crippen LogP contribution in [0.5, 0.6) is 0 Å². The molecule has 178 valence electrons. The second kappa shape index (κ2) is 10.8. The summed E-state index contributed by atoms with van der Waals surface area (Å²) in [4.78, 5) is 19.3. The third-order valence-corrected chi connectivity index (χ3v) is 8.75. The number of piperidine rings is 2. The zero-order chi connectivity index (χ0) is 23.3. The quantitative estimate of drug-likeness (QED) is 0.673. The molecule has 0 atom stereocenters. The number of hydrogen-bond donors (Lipinski definition) is 1. The maximum Gasteiger partial charge on any atom is 0.244 e. The van der Waals surface area contributed by atoms with Crippen LogP contribution in [0.4, 0.5) is 0 Å².